The molecule has 0 fully saturated rings. The van der Waals surface area contributed by atoms with E-state index in [0.29, 0.717) is 0 Å². The van der Waals surface area contributed by atoms with E-state index in [-0.39, 0.29) is 13.2 Å². The first-order valence-corrected chi connectivity index (χ1v) is 9.24. The summed E-state index contributed by atoms with van der Waals surface area (Å²) in [5.74, 6) is -5.90. The van der Waals surface area contributed by atoms with E-state index in [9.17, 15) is 27.2 Å². The lowest BCUT2D eigenvalue weighted by molar-refractivity contribution is -0.168. The number of carbonyl (C=O) groups is 2. The van der Waals surface area contributed by atoms with Gasteiger partial charge in [0.2, 0.25) is 0 Å². The van der Waals surface area contributed by atoms with Crippen molar-refractivity contribution in [1.82, 2.24) is 0 Å². The lowest BCUT2D eigenvalue weighted by Crippen LogP contribution is -2.38. The highest BCUT2D eigenvalue weighted by Gasteiger charge is 2.44. The topological polar surface area (TPSA) is 89.5 Å². The van der Waals surface area contributed by atoms with Gasteiger partial charge in [0.25, 0.3) is 11.8 Å². The molecule has 0 N–H and O–H groups in total. The van der Waals surface area contributed by atoms with Crippen molar-refractivity contribution < 1.29 is 55.6 Å². The van der Waals surface area contributed by atoms with Crippen molar-refractivity contribution in [2.24, 2.45) is 10.8 Å². The number of methoxy groups -OCH3 is 2. The van der Waals surface area contributed by atoms with Gasteiger partial charge in [-0.15, -0.1) is 0 Å². The third-order valence-corrected chi connectivity index (χ3v) is 3.80. The van der Waals surface area contributed by atoms with Crippen molar-refractivity contribution in [2.45, 2.75) is 53.4 Å². The zero-order chi connectivity index (χ0) is 24.9. The predicted molar refractivity (Wildman–Crippen MR) is 102 cm³/mol. The largest absolute Gasteiger partial charge is 0.510 e. The Hall–Kier alpha value is -1.82. The minimum absolute atomic E-state index is 0.0826. The fourth-order valence-electron chi connectivity index (χ4n) is 1.19. The molecule has 0 spiro atoms. The molecule has 0 aliphatic rings. The van der Waals surface area contributed by atoms with Gasteiger partial charge < -0.3 is 28.4 Å². The smallest absolute Gasteiger partial charge is 0.438 e. The Bertz CT molecular complexity index is 528. The van der Waals surface area contributed by atoms with Crippen molar-refractivity contribution in [3.63, 3.8) is 0 Å². The molecule has 0 amide bonds. The first kappa shape index (κ1) is 31.4. The number of alkyl halides is 4. The average molecular weight is 466 g/mol. The predicted octanol–water partition coefficient (Wildman–Crippen LogP) is 4.89. The molecule has 8 nitrogen and oxygen atoms in total. The summed E-state index contributed by atoms with van der Waals surface area (Å²) in [6.07, 6.45) is -1.82. The molecule has 0 bridgehead atoms. The highest BCUT2D eigenvalue weighted by atomic mass is 19.3. The van der Waals surface area contributed by atoms with Gasteiger partial charge >= 0.3 is 12.3 Å². The number of ether oxygens (including phenoxy) is 6. The van der Waals surface area contributed by atoms with Gasteiger partial charge in [-0.1, -0.05) is 41.5 Å². The molecule has 0 aromatic rings. The molecular weight excluding hydrogens is 432 g/mol. The molecule has 0 aromatic carbocycles. The second kappa shape index (κ2) is 13.6. The summed E-state index contributed by atoms with van der Waals surface area (Å²) in [5.41, 5.74) is -2.35. The zero-order valence-corrected chi connectivity index (χ0v) is 19.3. The van der Waals surface area contributed by atoms with E-state index in [1.165, 1.54) is 41.5 Å². The van der Waals surface area contributed by atoms with Gasteiger partial charge in [-0.3, -0.25) is 0 Å². The molecule has 31 heavy (non-hydrogen) atoms. The van der Waals surface area contributed by atoms with Crippen molar-refractivity contribution in [3.05, 3.63) is 0 Å². The Kier molecular flexibility index (Phi) is 13.7. The van der Waals surface area contributed by atoms with Crippen molar-refractivity contribution in [3.8, 4) is 0 Å². The van der Waals surface area contributed by atoms with Gasteiger partial charge in [0.05, 0.1) is 20.8 Å². The van der Waals surface area contributed by atoms with Crippen LogP contribution in [-0.2, 0) is 28.4 Å². The van der Waals surface area contributed by atoms with Crippen LogP contribution in [0.4, 0.5) is 27.2 Å². The van der Waals surface area contributed by atoms with Crippen LogP contribution in [0.1, 0.15) is 41.5 Å². The lowest BCUT2D eigenvalue weighted by Gasteiger charge is -2.29. The molecule has 0 unspecified atom stereocenters. The van der Waals surface area contributed by atoms with Crippen molar-refractivity contribution in [2.75, 3.05) is 47.4 Å². The molecule has 0 radical (unpaired) electrons. The van der Waals surface area contributed by atoms with E-state index in [1.54, 1.807) is 0 Å². The van der Waals surface area contributed by atoms with Gasteiger partial charge in [-0.05, 0) is 0 Å². The van der Waals surface area contributed by atoms with Crippen LogP contribution in [0.5, 0.6) is 0 Å². The standard InChI is InChI=1S/C10H18F2O4.C9H16F2O4/c1-9(2,3)10(11,12)7-15-5-6-16-8(13)14-4;1-8(2,3)9(10,11)5-14-6-15-7(12)13-4/h5-7H2,1-4H3;5-6H2,1-4H3. The minimum atomic E-state index is -2.98. The third kappa shape index (κ3) is 14.0. The van der Waals surface area contributed by atoms with Gasteiger partial charge in [-0.2, -0.15) is 0 Å². The summed E-state index contributed by atoms with van der Waals surface area (Å²) in [6.45, 7) is 6.27. The quantitative estimate of drug-likeness (QED) is 0.205. The highest BCUT2D eigenvalue weighted by molar-refractivity contribution is 5.59. The van der Waals surface area contributed by atoms with Crippen LogP contribution < -0.4 is 0 Å². The average Bonchev–Trinajstić information content (AvgIpc) is 2.63. The van der Waals surface area contributed by atoms with Crippen LogP contribution >= 0.6 is 0 Å². The first-order valence-electron chi connectivity index (χ1n) is 9.24. The molecule has 0 heterocycles. The maximum Gasteiger partial charge on any atom is 0.510 e. The van der Waals surface area contributed by atoms with Gasteiger partial charge in [0.1, 0.15) is 19.8 Å². The molecular formula is C19H34F4O8. The van der Waals surface area contributed by atoms with E-state index in [2.05, 4.69) is 23.7 Å². The minimum Gasteiger partial charge on any atom is -0.438 e. The van der Waals surface area contributed by atoms with Gasteiger partial charge in [-0.25, -0.2) is 27.2 Å². The SMILES string of the molecule is COC(=O)OCCOCC(F)(F)C(C)(C)C.COC(=O)OCOCC(F)(F)C(C)(C)C. The molecule has 186 valence electrons. The van der Waals surface area contributed by atoms with Crippen LogP contribution in [0.25, 0.3) is 0 Å². The summed E-state index contributed by atoms with van der Waals surface area (Å²) in [6, 6.07) is 0. The maximum atomic E-state index is 13.3. The van der Waals surface area contributed by atoms with Gasteiger partial charge in [0.15, 0.2) is 6.79 Å². The molecule has 0 atom stereocenters. The fourth-order valence-corrected chi connectivity index (χ4v) is 1.19. The molecule has 0 aromatic heterocycles. The normalized spacial score (nSPS) is 12.4. The van der Waals surface area contributed by atoms with Crippen LogP contribution in [0.2, 0.25) is 0 Å². The number of rotatable bonds is 9. The number of halogens is 4. The van der Waals surface area contributed by atoms with E-state index >= 15 is 0 Å². The first-order chi connectivity index (χ1) is 13.9. The summed E-state index contributed by atoms with van der Waals surface area (Å²) in [4.78, 5) is 20.9. The molecule has 0 saturated heterocycles. The van der Waals surface area contributed by atoms with Gasteiger partial charge in [0, 0.05) is 10.8 Å². The van der Waals surface area contributed by atoms with E-state index in [1.807, 2.05) is 0 Å². The van der Waals surface area contributed by atoms with E-state index < -0.39 is 55.0 Å². The molecule has 0 aliphatic carbocycles. The van der Waals surface area contributed by atoms with Crippen LogP contribution in [0.3, 0.4) is 0 Å². The number of hydrogen-bond donors (Lipinski definition) is 0. The summed E-state index contributed by atoms with van der Waals surface area (Å²) >= 11 is 0. The summed E-state index contributed by atoms with van der Waals surface area (Å²) in [5, 5.41) is 0. The maximum absolute atomic E-state index is 13.3. The van der Waals surface area contributed by atoms with E-state index in [4.69, 9.17) is 4.74 Å². The summed E-state index contributed by atoms with van der Waals surface area (Å²) < 4.78 is 79.4. The Morgan fingerprint density at radius 3 is 1.42 bits per heavy atom. The second-order valence-electron chi connectivity index (χ2n) is 8.33. The third-order valence-electron chi connectivity index (χ3n) is 3.80. The Morgan fingerprint density at radius 2 is 1.03 bits per heavy atom. The van der Waals surface area contributed by atoms with Crippen LogP contribution in [-0.4, -0.2) is 71.6 Å². The highest BCUT2D eigenvalue weighted by Crippen LogP contribution is 2.36. The zero-order valence-electron chi connectivity index (χ0n) is 19.3. The molecule has 12 heteroatoms. The monoisotopic (exact) mass is 466 g/mol. The molecule has 0 aliphatic heterocycles. The number of hydrogen-bond acceptors (Lipinski definition) is 8. The Morgan fingerprint density at radius 1 is 0.645 bits per heavy atom. The number of carbonyl (C=O) groups excluding carboxylic acids is 2. The molecule has 0 saturated carbocycles. The Labute approximate surface area is 180 Å². The van der Waals surface area contributed by atoms with E-state index in [0.717, 1.165) is 14.2 Å². The van der Waals surface area contributed by atoms with Crippen molar-refractivity contribution >= 4 is 12.3 Å². The Balaban J connectivity index is 0. The van der Waals surface area contributed by atoms with Crippen LogP contribution in [0.15, 0.2) is 0 Å². The fraction of sp³-hybridized carbons (Fsp3) is 0.895. The van der Waals surface area contributed by atoms with Crippen LogP contribution in [0, 0.1) is 10.8 Å². The van der Waals surface area contributed by atoms with Crippen molar-refractivity contribution in [1.29, 1.82) is 0 Å². The molecule has 0 rings (SSSR count). The lowest BCUT2D eigenvalue weighted by atomic mass is 9.88. The summed E-state index contributed by atoms with van der Waals surface area (Å²) in [7, 11) is 2.28. The second-order valence-corrected chi connectivity index (χ2v) is 8.33.